The van der Waals surface area contributed by atoms with Crippen molar-refractivity contribution in [2.75, 3.05) is 19.8 Å². The van der Waals surface area contributed by atoms with Crippen LogP contribution in [0, 0.1) is 0 Å². The fourth-order valence-electron chi connectivity index (χ4n) is 1.04. The van der Waals surface area contributed by atoms with Gasteiger partial charge in [0.25, 0.3) is 0 Å². The number of hydrogen-bond donors (Lipinski definition) is 1. The van der Waals surface area contributed by atoms with Gasteiger partial charge in [-0.15, -0.1) is 0 Å². The molecule has 0 atom stereocenters. The quantitative estimate of drug-likeness (QED) is 0.601. The van der Waals surface area contributed by atoms with E-state index in [-0.39, 0.29) is 0 Å². The third kappa shape index (κ3) is 9.38. The van der Waals surface area contributed by atoms with Gasteiger partial charge in [0.1, 0.15) is 0 Å². The predicted molar refractivity (Wildman–Crippen MR) is 56.6 cm³/mol. The highest BCUT2D eigenvalue weighted by Crippen LogP contribution is 2.06. The SMILES string of the molecule is C=CN1C=CN(CCCN)C1.F[B-](F)(F)F. The van der Waals surface area contributed by atoms with Crippen LogP contribution in [0.25, 0.3) is 0 Å². The normalized spacial score (nSPS) is 14.8. The lowest BCUT2D eigenvalue weighted by Gasteiger charge is -2.17. The molecule has 8 heteroatoms. The van der Waals surface area contributed by atoms with E-state index in [1.807, 2.05) is 17.3 Å². The molecular formula is C8H15BF4N3-. The van der Waals surface area contributed by atoms with Crippen molar-refractivity contribution in [3.8, 4) is 0 Å². The first-order chi connectivity index (χ1) is 7.36. The molecule has 1 rings (SSSR count). The molecule has 1 aliphatic heterocycles. The van der Waals surface area contributed by atoms with Gasteiger partial charge in [-0.3, -0.25) is 0 Å². The fourth-order valence-corrected chi connectivity index (χ4v) is 1.04. The lowest BCUT2D eigenvalue weighted by molar-refractivity contribution is 0.313. The standard InChI is InChI=1S/C8H15N3.BF4/c1-2-10-6-7-11(8-10)5-3-4-9;2-1(3,4)5/h2,6-7H,1,3-5,8-9H2;/q;-1. The largest absolute Gasteiger partial charge is 0.673 e. The molecule has 94 valence electrons. The van der Waals surface area contributed by atoms with Gasteiger partial charge in [-0.2, -0.15) is 0 Å². The van der Waals surface area contributed by atoms with Gasteiger partial charge in [-0.05, 0) is 19.2 Å². The summed E-state index contributed by atoms with van der Waals surface area (Å²) < 4.78 is 39.0. The van der Waals surface area contributed by atoms with Gasteiger partial charge in [-0.1, -0.05) is 6.58 Å². The lowest BCUT2D eigenvalue weighted by Crippen LogP contribution is -2.24. The third-order valence-electron chi connectivity index (χ3n) is 1.70. The molecule has 0 saturated carbocycles. The van der Waals surface area contributed by atoms with Gasteiger partial charge in [0.05, 0.1) is 6.67 Å². The molecule has 3 nitrogen and oxygen atoms in total. The predicted octanol–water partition coefficient (Wildman–Crippen LogP) is 1.83. The van der Waals surface area contributed by atoms with E-state index in [1.54, 1.807) is 0 Å². The monoisotopic (exact) mass is 240 g/mol. The number of halogens is 4. The topological polar surface area (TPSA) is 32.5 Å². The lowest BCUT2D eigenvalue weighted by atomic mass is 10.3. The minimum absolute atomic E-state index is 0.762. The summed E-state index contributed by atoms with van der Waals surface area (Å²) in [4.78, 5) is 4.26. The summed E-state index contributed by atoms with van der Waals surface area (Å²) in [7, 11) is -6.00. The molecule has 0 aromatic heterocycles. The van der Waals surface area contributed by atoms with E-state index >= 15 is 0 Å². The van der Waals surface area contributed by atoms with E-state index in [0.29, 0.717) is 0 Å². The highest BCUT2D eigenvalue weighted by atomic mass is 19.5. The van der Waals surface area contributed by atoms with E-state index in [2.05, 4.69) is 17.7 Å². The summed E-state index contributed by atoms with van der Waals surface area (Å²) in [6.45, 7) is 6.40. The molecule has 0 aromatic rings. The zero-order valence-electron chi connectivity index (χ0n) is 8.83. The highest BCUT2D eigenvalue weighted by Gasteiger charge is 2.20. The summed E-state index contributed by atoms with van der Waals surface area (Å²) in [5, 5.41) is 0. The van der Waals surface area contributed by atoms with Gasteiger partial charge < -0.3 is 32.8 Å². The van der Waals surface area contributed by atoms with Crippen LogP contribution in [0.3, 0.4) is 0 Å². The first-order valence-corrected chi connectivity index (χ1v) is 4.75. The Morgan fingerprint density at radius 2 is 1.88 bits per heavy atom. The second-order valence-electron chi connectivity index (χ2n) is 3.09. The summed E-state index contributed by atoms with van der Waals surface area (Å²) in [5.41, 5.74) is 5.39. The van der Waals surface area contributed by atoms with Crippen LogP contribution in [0.5, 0.6) is 0 Å². The Morgan fingerprint density at radius 1 is 1.31 bits per heavy atom. The molecule has 0 saturated heterocycles. The average Bonchev–Trinajstić information content (AvgIpc) is 2.59. The van der Waals surface area contributed by atoms with E-state index in [0.717, 1.165) is 26.2 Å². The Hall–Kier alpha value is -1.18. The minimum atomic E-state index is -6.00. The summed E-state index contributed by atoms with van der Waals surface area (Å²) in [5.74, 6) is 0. The second kappa shape index (κ2) is 7.16. The molecule has 16 heavy (non-hydrogen) atoms. The van der Waals surface area contributed by atoms with E-state index < -0.39 is 7.25 Å². The van der Waals surface area contributed by atoms with Gasteiger partial charge >= 0.3 is 7.25 Å². The number of hydrogen-bond acceptors (Lipinski definition) is 3. The maximum Gasteiger partial charge on any atom is 0.673 e. The van der Waals surface area contributed by atoms with E-state index in [1.165, 1.54) is 0 Å². The van der Waals surface area contributed by atoms with E-state index in [9.17, 15) is 17.3 Å². The maximum absolute atomic E-state index is 9.75. The molecule has 0 unspecified atom stereocenters. The van der Waals surface area contributed by atoms with E-state index in [4.69, 9.17) is 5.73 Å². The van der Waals surface area contributed by atoms with Crippen LogP contribution in [0.4, 0.5) is 17.3 Å². The smallest absolute Gasteiger partial charge is 0.418 e. The second-order valence-corrected chi connectivity index (χ2v) is 3.09. The number of nitrogens with two attached hydrogens (primary N) is 1. The van der Waals surface area contributed by atoms with Crippen molar-refractivity contribution in [3.63, 3.8) is 0 Å². The summed E-state index contributed by atoms with van der Waals surface area (Å²) >= 11 is 0. The molecular weight excluding hydrogens is 225 g/mol. The van der Waals surface area contributed by atoms with Crippen LogP contribution in [0.1, 0.15) is 6.42 Å². The molecule has 0 fully saturated rings. The summed E-state index contributed by atoms with van der Waals surface area (Å²) in [6.07, 6.45) is 6.95. The fraction of sp³-hybridized carbons (Fsp3) is 0.500. The number of nitrogens with zero attached hydrogens (tertiary/aromatic N) is 2. The van der Waals surface area contributed by atoms with Gasteiger partial charge in [0, 0.05) is 18.9 Å². The zero-order chi connectivity index (χ0) is 12.6. The van der Waals surface area contributed by atoms with Crippen LogP contribution in [-0.2, 0) is 0 Å². The first-order valence-electron chi connectivity index (χ1n) is 4.75. The Labute approximate surface area is 92.3 Å². The van der Waals surface area contributed by atoms with Crippen molar-refractivity contribution < 1.29 is 17.3 Å². The molecule has 0 spiro atoms. The van der Waals surface area contributed by atoms with Crippen molar-refractivity contribution in [3.05, 3.63) is 25.2 Å². The molecule has 1 aliphatic rings. The Kier molecular flexibility index (Phi) is 6.63. The first kappa shape index (κ1) is 14.8. The van der Waals surface area contributed by atoms with Crippen LogP contribution in [0.15, 0.2) is 25.2 Å². The highest BCUT2D eigenvalue weighted by molar-refractivity contribution is 6.50. The van der Waals surface area contributed by atoms with Crippen molar-refractivity contribution in [1.29, 1.82) is 0 Å². The van der Waals surface area contributed by atoms with Gasteiger partial charge in [-0.25, -0.2) is 0 Å². The summed E-state index contributed by atoms with van der Waals surface area (Å²) in [6, 6.07) is 0. The van der Waals surface area contributed by atoms with Crippen molar-refractivity contribution in [1.82, 2.24) is 9.80 Å². The van der Waals surface area contributed by atoms with Crippen molar-refractivity contribution in [2.45, 2.75) is 6.42 Å². The van der Waals surface area contributed by atoms with Crippen molar-refractivity contribution >= 4 is 7.25 Å². The minimum Gasteiger partial charge on any atom is -0.418 e. The van der Waals surface area contributed by atoms with Crippen LogP contribution < -0.4 is 5.73 Å². The molecule has 0 radical (unpaired) electrons. The van der Waals surface area contributed by atoms with Crippen molar-refractivity contribution in [2.24, 2.45) is 5.73 Å². The maximum atomic E-state index is 9.75. The van der Waals surface area contributed by atoms with Crippen LogP contribution >= 0.6 is 0 Å². The van der Waals surface area contributed by atoms with Gasteiger partial charge in [0.15, 0.2) is 0 Å². The zero-order valence-corrected chi connectivity index (χ0v) is 8.83. The Bertz CT molecular complexity index is 226. The Morgan fingerprint density at radius 3 is 2.25 bits per heavy atom. The molecule has 0 aliphatic carbocycles. The van der Waals surface area contributed by atoms with Crippen LogP contribution in [-0.4, -0.2) is 36.8 Å². The molecule has 1 heterocycles. The molecule has 0 aromatic carbocycles. The molecule has 2 N–H and O–H groups in total. The molecule has 0 amide bonds. The van der Waals surface area contributed by atoms with Gasteiger partial charge in [0.2, 0.25) is 0 Å². The third-order valence-corrected chi connectivity index (χ3v) is 1.70. The van der Waals surface area contributed by atoms with Crippen LogP contribution in [0.2, 0.25) is 0 Å². The Balaban J connectivity index is 0.000000385. The molecule has 0 bridgehead atoms. The average molecular weight is 240 g/mol. The number of rotatable bonds is 4.